The molecule has 0 radical (unpaired) electrons. The summed E-state index contributed by atoms with van der Waals surface area (Å²) in [4.78, 5) is 11.2. The van der Waals surface area contributed by atoms with E-state index in [0.717, 1.165) is 10.9 Å². The Morgan fingerprint density at radius 3 is 3.00 bits per heavy atom. The van der Waals surface area contributed by atoms with Crippen molar-refractivity contribution in [3.05, 3.63) is 23.9 Å². The Hall–Kier alpha value is -2.04. The molecule has 0 amide bonds. The molecule has 16 heavy (non-hydrogen) atoms. The molecule has 0 bridgehead atoms. The van der Waals surface area contributed by atoms with Crippen molar-refractivity contribution in [2.45, 2.75) is 6.42 Å². The van der Waals surface area contributed by atoms with E-state index in [-0.39, 0.29) is 18.1 Å². The number of carbonyl (C=O) groups excluding carboxylic acids is 1. The van der Waals surface area contributed by atoms with Gasteiger partial charge in [0, 0.05) is 12.4 Å². The van der Waals surface area contributed by atoms with Gasteiger partial charge in [0.1, 0.15) is 5.75 Å². The van der Waals surface area contributed by atoms with Crippen LogP contribution in [0.2, 0.25) is 0 Å². The van der Waals surface area contributed by atoms with E-state index in [4.69, 9.17) is 0 Å². The lowest BCUT2D eigenvalue weighted by Gasteiger charge is -1.96. The number of hydrogen-bond donors (Lipinski definition) is 1. The number of ether oxygens (including phenoxy) is 1. The van der Waals surface area contributed by atoms with E-state index >= 15 is 0 Å². The molecule has 1 aromatic heterocycles. The summed E-state index contributed by atoms with van der Waals surface area (Å²) in [7, 11) is 3.13. The summed E-state index contributed by atoms with van der Waals surface area (Å²) in [5, 5.41) is 14.4. The number of carbonyl (C=O) groups is 1. The Kier molecular flexibility index (Phi) is 2.52. The van der Waals surface area contributed by atoms with E-state index in [0.29, 0.717) is 5.69 Å². The second-order valence-electron chi connectivity index (χ2n) is 3.52. The third-order valence-electron chi connectivity index (χ3n) is 2.45. The summed E-state index contributed by atoms with van der Waals surface area (Å²) >= 11 is 0. The zero-order valence-electron chi connectivity index (χ0n) is 9.10. The van der Waals surface area contributed by atoms with Crippen LogP contribution in [0.4, 0.5) is 0 Å². The number of phenolic OH excluding ortho intramolecular Hbond substituents is 1. The average molecular weight is 220 g/mol. The molecule has 0 saturated carbocycles. The van der Waals surface area contributed by atoms with Crippen molar-refractivity contribution < 1.29 is 14.6 Å². The predicted molar refractivity (Wildman–Crippen MR) is 58.1 cm³/mol. The summed E-state index contributed by atoms with van der Waals surface area (Å²) in [6, 6.07) is 4.95. The summed E-state index contributed by atoms with van der Waals surface area (Å²) < 4.78 is 6.27. The number of aromatic nitrogens is 2. The molecule has 2 rings (SSSR count). The van der Waals surface area contributed by atoms with Gasteiger partial charge >= 0.3 is 5.97 Å². The lowest BCUT2D eigenvalue weighted by molar-refractivity contribution is -0.139. The van der Waals surface area contributed by atoms with Crippen LogP contribution in [0.15, 0.2) is 18.2 Å². The van der Waals surface area contributed by atoms with E-state index in [2.05, 4.69) is 9.84 Å². The van der Waals surface area contributed by atoms with Crippen molar-refractivity contribution in [3.8, 4) is 5.75 Å². The molecular weight excluding hydrogens is 208 g/mol. The Bertz CT molecular complexity index is 545. The standard InChI is InChI=1S/C11H12N2O3/c1-13-10-4-3-7(14)5-8(10)9(12-13)6-11(15)16-2/h3-5,14H,6H2,1-2H3. The van der Waals surface area contributed by atoms with Crippen molar-refractivity contribution in [2.75, 3.05) is 7.11 Å². The van der Waals surface area contributed by atoms with E-state index in [9.17, 15) is 9.90 Å². The van der Waals surface area contributed by atoms with Crippen LogP contribution in [0.5, 0.6) is 5.75 Å². The molecule has 0 aliphatic heterocycles. The molecule has 84 valence electrons. The molecule has 2 aromatic rings. The number of aromatic hydroxyl groups is 1. The minimum absolute atomic E-state index is 0.108. The monoisotopic (exact) mass is 220 g/mol. The molecule has 0 spiro atoms. The zero-order valence-corrected chi connectivity index (χ0v) is 9.10. The SMILES string of the molecule is COC(=O)Cc1nn(C)c2ccc(O)cc12. The Balaban J connectivity index is 2.52. The van der Waals surface area contributed by atoms with Crippen LogP contribution in [-0.2, 0) is 23.0 Å². The summed E-state index contributed by atoms with van der Waals surface area (Å²) in [6.07, 6.45) is 0.108. The van der Waals surface area contributed by atoms with Crippen LogP contribution in [0.1, 0.15) is 5.69 Å². The van der Waals surface area contributed by atoms with Gasteiger partial charge in [-0.2, -0.15) is 5.10 Å². The highest BCUT2D eigenvalue weighted by molar-refractivity contribution is 5.87. The molecule has 0 aliphatic carbocycles. The van der Waals surface area contributed by atoms with Gasteiger partial charge in [0.15, 0.2) is 0 Å². The largest absolute Gasteiger partial charge is 0.508 e. The second kappa shape index (κ2) is 3.84. The average Bonchev–Trinajstić information content (AvgIpc) is 2.55. The first-order valence-corrected chi connectivity index (χ1v) is 4.83. The first-order chi connectivity index (χ1) is 7.61. The Morgan fingerprint density at radius 2 is 2.31 bits per heavy atom. The van der Waals surface area contributed by atoms with Crippen LogP contribution in [-0.4, -0.2) is 28.0 Å². The first kappa shape index (κ1) is 10.5. The van der Waals surface area contributed by atoms with Gasteiger partial charge in [0.25, 0.3) is 0 Å². The molecule has 1 heterocycles. The number of hydrogen-bond acceptors (Lipinski definition) is 4. The van der Waals surface area contributed by atoms with Crippen molar-refractivity contribution >= 4 is 16.9 Å². The number of esters is 1. The zero-order chi connectivity index (χ0) is 11.7. The van der Waals surface area contributed by atoms with Crippen molar-refractivity contribution in [3.63, 3.8) is 0 Å². The predicted octanol–water partition coefficient (Wildman–Crippen LogP) is 0.994. The topological polar surface area (TPSA) is 64.3 Å². The molecule has 5 heteroatoms. The molecular formula is C11H12N2O3. The van der Waals surface area contributed by atoms with Gasteiger partial charge in [-0.3, -0.25) is 9.48 Å². The minimum Gasteiger partial charge on any atom is -0.508 e. The Morgan fingerprint density at radius 1 is 1.56 bits per heavy atom. The first-order valence-electron chi connectivity index (χ1n) is 4.83. The van der Waals surface area contributed by atoms with E-state index in [1.54, 1.807) is 29.9 Å². The molecule has 0 aliphatic rings. The van der Waals surface area contributed by atoms with Gasteiger partial charge in [0.2, 0.25) is 0 Å². The third-order valence-corrected chi connectivity index (χ3v) is 2.45. The maximum absolute atomic E-state index is 11.2. The highest BCUT2D eigenvalue weighted by atomic mass is 16.5. The normalized spacial score (nSPS) is 10.6. The number of aryl methyl sites for hydroxylation is 1. The quantitative estimate of drug-likeness (QED) is 0.767. The molecule has 0 fully saturated rings. The van der Waals surface area contributed by atoms with Crippen LogP contribution in [0.25, 0.3) is 10.9 Å². The number of benzene rings is 1. The minimum atomic E-state index is -0.344. The number of fused-ring (bicyclic) bond motifs is 1. The Labute approximate surface area is 92.2 Å². The maximum Gasteiger partial charge on any atom is 0.311 e. The molecule has 0 atom stereocenters. The van der Waals surface area contributed by atoms with Crippen molar-refractivity contribution in [1.29, 1.82) is 0 Å². The maximum atomic E-state index is 11.2. The van der Waals surface area contributed by atoms with Crippen LogP contribution >= 0.6 is 0 Å². The van der Waals surface area contributed by atoms with Gasteiger partial charge in [-0.25, -0.2) is 0 Å². The highest BCUT2D eigenvalue weighted by Crippen LogP contribution is 2.23. The third kappa shape index (κ3) is 1.71. The summed E-state index contributed by atoms with van der Waals surface area (Å²) in [5.74, 6) is -0.185. The number of nitrogens with zero attached hydrogens (tertiary/aromatic N) is 2. The molecule has 1 aromatic carbocycles. The highest BCUT2D eigenvalue weighted by Gasteiger charge is 2.12. The van der Waals surface area contributed by atoms with Gasteiger partial charge in [-0.05, 0) is 18.2 Å². The van der Waals surface area contributed by atoms with Crippen molar-refractivity contribution in [1.82, 2.24) is 9.78 Å². The van der Waals surface area contributed by atoms with Gasteiger partial charge in [-0.15, -0.1) is 0 Å². The van der Waals surface area contributed by atoms with E-state index in [1.807, 2.05) is 0 Å². The number of rotatable bonds is 2. The van der Waals surface area contributed by atoms with Gasteiger partial charge in [-0.1, -0.05) is 0 Å². The van der Waals surface area contributed by atoms with E-state index in [1.165, 1.54) is 7.11 Å². The summed E-state index contributed by atoms with van der Waals surface area (Å²) in [6.45, 7) is 0. The van der Waals surface area contributed by atoms with Crippen LogP contribution < -0.4 is 0 Å². The number of phenols is 1. The summed E-state index contributed by atoms with van der Waals surface area (Å²) in [5.41, 5.74) is 1.48. The second-order valence-corrected chi connectivity index (χ2v) is 3.52. The lowest BCUT2D eigenvalue weighted by atomic mass is 10.1. The lowest BCUT2D eigenvalue weighted by Crippen LogP contribution is -2.05. The van der Waals surface area contributed by atoms with E-state index < -0.39 is 0 Å². The molecule has 0 unspecified atom stereocenters. The van der Waals surface area contributed by atoms with Crippen molar-refractivity contribution in [2.24, 2.45) is 7.05 Å². The molecule has 1 N–H and O–H groups in total. The molecule has 0 saturated heterocycles. The fraction of sp³-hybridized carbons (Fsp3) is 0.273. The smallest absolute Gasteiger partial charge is 0.311 e. The fourth-order valence-corrected chi connectivity index (χ4v) is 1.67. The van der Waals surface area contributed by atoms with Gasteiger partial charge in [0.05, 0.1) is 24.7 Å². The fourth-order valence-electron chi connectivity index (χ4n) is 1.67. The van der Waals surface area contributed by atoms with Crippen LogP contribution in [0, 0.1) is 0 Å². The van der Waals surface area contributed by atoms with Gasteiger partial charge < -0.3 is 9.84 Å². The molecule has 5 nitrogen and oxygen atoms in total. The van der Waals surface area contributed by atoms with Crippen LogP contribution in [0.3, 0.4) is 0 Å². The number of methoxy groups -OCH3 is 1.